The van der Waals surface area contributed by atoms with E-state index in [9.17, 15) is 14.6 Å². The Morgan fingerprint density at radius 2 is 1.91 bits per heavy atom. The van der Waals surface area contributed by atoms with E-state index in [0.29, 0.717) is 12.4 Å². The predicted molar refractivity (Wildman–Crippen MR) is 130 cm³/mol. The zero-order valence-electron chi connectivity index (χ0n) is 19.0. The number of ether oxygens (including phenoxy) is 2. The van der Waals surface area contributed by atoms with Crippen molar-refractivity contribution >= 4 is 11.8 Å². The first-order chi connectivity index (χ1) is 16.5. The smallest absolute Gasteiger partial charge is 0.182 e. The molecule has 2 aliphatic heterocycles. The predicted octanol–water partition coefficient (Wildman–Crippen LogP) is 5.92. The van der Waals surface area contributed by atoms with Gasteiger partial charge in [-0.05, 0) is 66.4 Å². The number of rotatable bonds is 6. The monoisotopic (exact) mass is 481 g/mol. The Morgan fingerprint density at radius 1 is 1.09 bits per heavy atom. The van der Waals surface area contributed by atoms with E-state index < -0.39 is 17.7 Å². The van der Waals surface area contributed by atoms with E-state index >= 15 is 0 Å². The van der Waals surface area contributed by atoms with Crippen LogP contribution in [0.4, 0.5) is 4.39 Å². The van der Waals surface area contributed by atoms with Crippen LogP contribution in [0.3, 0.4) is 0 Å². The number of aromatic hydroxyl groups is 2. The Hall–Kier alpha value is -2.90. The second-order valence-electron chi connectivity index (χ2n) is 9.01. The lowest BCUT2D eigenvalue weighted by atomic mass is 10.00. The van der Waals surface area contributed by atoms with Crippen LogP contribution in [0.2, 0.25) is 0 Å². The molecule has 0 spiro atoms. The summed E-state index contributed by atoms with van der Waals surface area (Å²) in [4.78, 5) is 2.70. The number of fused-ring (bicyclic) bond motifs is 1. The number of hydrogen-bond donors (Lipinski definition) is 2. The molecule has 3 atom stereocenters. The maximum atomic E-state index is 14.7. The minimum Gasteiger partial charge on any atom is -0.508 e. The van der Waals surface area contributed by atoms with Crippen LogP contribution in [0.1, 0.15) is 35.8 Å². The summed E-state index contributed by atoms with van der Waals surface area (Å²) in [6, 6.07) is 17.6. The van der Waals surface area contributed by atoms with Gasteiger partial charge in [0.2, 0.25) is 0 Å². The van der Waals surface area contributed by atoms with Crippen molar-refractivity contribution < 1.29 is 24.1 Å². The SMILES string of the molecule is C[C@H]1CCN(CCOc2ccc([C@@H]3Oc4ccc(O)c(F)c4S[C@@H]3c3cccc(O)c3)cc2)C1. The highest BCUT2D eigenvalue weighted by molar-refractivity contribution is 7.99. The van der Waals surface area contributed by atoms with Crippen molar-refractivity contribution in [1.29, 1.82) is 0 Å². The third kappa shape index (κ3) is 4.81. The third-order valence-corrected chi connectivity index (χ3v) is 7.80. The van der Waals surface area contributed by atoms with Gasteiger partial charge >= 0.3 is 0 Å². The standard InChI is InChI=1S/C27H28FNO4S/c1-17-11-12-29(16-17)13-14-32-21-7-5-18(6-8-21)25-26(19-3-2-4-20(30)15-19)34-27-23(33-25)10-9-22(31)24(27)28/h2-10,15,17,25-26,30-31H,11-14,16H2,1H3/t17-,25-,26+/m0/s1. The lowest BCUT2D eigenvalue weighted by molar-refractivity contribution is 0.187. The number of hydrogen-bond acceptors (Lipinski definition) is 6. The minimum absolute atomic E-state index is 0.134. The molecule has 0 unspecified atom stereocenters. The molecular weight excluding hydrogens is 453 g/mol. The van der Waals surface area contributed by atoms with Gasteiger partial charge in [-0.3, -0.25) is 4.90 Å². The first kappa shape index (κ1) is 22.9. The molecule has 2 aliphatic rings. The maximum Gasteiger partial charge on any atom is 0.182 e. The van der Waals surface area contributed by atoms with E-state index in [4.69, 9.17) is 9.47 Å². The van der Waals surface area contributed by atoms with E-state index in [2.05, 4.69) is 11.8 Å². The Balaban J connectivity index is 1.36. The zero-order chi connectivity index (χ0) is 23.7. The van der Waals surface area contributed by atoms with Crippen molar-refractivity contribution in [3.63, 3.8) is 0 Å². The molecule has 2 heterocycles. The number of halogens is 1. The normalized spacial score (nSPS) is 22.2. The van der Waals surface area contributed by atoms with Crippen molar-refractivity contribution in [1.82, 2.24) is 4.90 Å². The molecule has 1 fully saturated rings. The summed E-state index contributed by atoms with van der Waals surface area (Å²) in [5.74, 6) is 0.978. The summed E-state index contributed by atoms with van der Waals surface area (Å²) in [7, 11) is 0. The summed E-state index contributed by atoms with van der Waals surface area (Å²) < 4.78 is 26.9. The number of thioether (sulfide) groups is 1. The van der Waals surface area contributed by atoms with Gasteiger partial charge in [-0.15, -0.1) is 11.8 Å². The van der Waals surface area contributed by atoms with E-state index in [-0.39, 0.29) is 15.9 Å². The minimum atomic E-state index is -0.692. The summed E-state index contributed by atoms with van der Waals surface area (Å²) in [6.07, 6.45) is 0.838. The molecule has 3 aromatic rings. The van der Waals surface area contributed by atoms with Crippen LogP contribution >= 0.6 is 11.8 Å². The Kier molecular flexibility index (Phi) is 6.57. The fourth-order valence-electron chi connectivity index (χ4n) is 4.58. The average molecular weight is 482 g/mol. The summed E-state index contributed by atoms with van der Waals surface area (Å²) in [6.45, 7) is 6.11. The lowest BCUT2D eigenvalue weighted by Gasteiger charge is -2.34. The summed E-state index contributed by atoms with van der Waals surface area (Å²) in [5, 5.41) is 19.5. The Morgan fingerprint density at radius 3 is 2.65 bits per heavy atom. The van der Waals surface area contributed by atoms with Gasteiger partial charge in [0.1, 0.15) is 30.0 Å². The number of benzene rings is 3. The molecule has 3 aromatic carbocycles. The highest BCUT2D eigenvalue weighted by Gasteiger charge is 2.36. The highest BCUT2D eigenvalue weighted by atomic mass is 32.2. The van der Waals surface area contributed by atoms with Crippen molar-refractivity contribution in [3.05, 3.63) is 77.6 Å². The van der Waals surface area contributed by atoms with Gasteiger partial charge in [-0.25, -0.2) is 4.39 Å². The van der Waals surface area contributed by atoms with Crippen molar-refractivity contribution in [2.75, 3.05) is 26.2 Å². The van der Waals surface area contributed by atoms with Gasteiger partial charge in [-0.1, -0.05) is 31.2 Å². The molecule has 5 nitrogen and oxygen atoms in total. The molecule has 1 saturated heterocycles. The van der Waals surface area contributed by atoms with E-state index in [1.165, 1.54) is 24.2 Å². The van der Waals surface area contributed by atoms with Crippen molar-refractivity contribution in [2.24, 2.45) is 5.92 Å². The van der Waals surface area contributed by atoms with Crippen LogP contribution in [-0.2, 0) is 0 Å². The molecule has 5 rings (SSSR count). The molecule has 34 heavy (non-hydrogen) atoms. The van der Waals surface area contributed by atoms with Gasteiger partial charge in [0.25, 0.3) is 0 Å². The number of likely N-dealkylation sites (tertiary alicyclic amines) is 1. The van der Waals surface area contributed by atoms with Gasteiger partial charge in [0.15, 0.2) is 11.6 Å². The van der Waals surface area contributed by atoms with Gasteiger partial charge in [-0.2, -0.15) is 0 Å². The van der Waals surface area contributed by atoms with E-state index in [1.807, 2.05) is 30.3 Å². The molecular formula is C27H28FNO4S. The first-order valence-corrected chi connectivity index (χ1v) is 12.4. The second kappa shape index (κ2) is 9.76. The maximum absolute atomic E-state index is 14.7. The van der Waals surface area contributed by atoms with Crippen LogP contribution in [0.15, 0.2) is 65.6 Å². The molecule has 0 saturated carbocycles. The highest BCUT2D eigenvalue weighted by Crippen LogP contribution is 2.55. The lowest BCUT2D eigenvalue weighted by Crippen LogP contribution is -2.25. The zero-order valence-corrected chi connectivity index (χ0v) is 19.8. The molecule has 0 bridgehead atoms. The molecule has 0 aromatic heterocycles. The topological polar surface area (TPSA) is 62.2 Å². The quantitative estimate of drug-likeness (QED) is 0.455. The van der Waals surface area contributed by atoms with Crippen LogP contribution in [0.5, 0.6) is 23.0 Å². The Bertz CT molecular complexity index is 1160. The number of nitrogens with zero attached hydrogens (tertiary/aromatic N) is 1. The fourth-order valence-corrected chi connectivity index (χ4v) is 5.89. The molecule has 7 heteroatoms. The van der Waals surface area contributed by atoms with Crippen molar-refractivity contribution in [2.45, 2.75) is 29.6 Å². The summed E-state index contributed by atoms with van der Waals surface area (Å²) in [5.41, 5.74) is 1.73. The summed E-state index contributed by atoms with van der Waals surface area (Å²) >= 11 is 1.29. The molecule has 0 aliphatic carbocycles. The molecule has 178 valence electrons. The molecule has 0 radical (unpaired) electrons. The van der Waals surface area contributed by atoms with Crippen molar-refractivity contribution in [3.8, 4) is 23.0 Å². The fraction of sp³-hybridized carbons (Fsp3) is 0.333. The first-order valence-electron chi connectivity index (χ1n) is 11.6. The van der Waals surface area contributed by atoms with Crippen LogP contribution in [0.25, 0.3) is 0 Å². The average Bonchev–Trinajstić information content (AvgIpc) is 3.26. The van der Waals surface area contributed by atoms with Crippen LogP contribution in [0, 0.1) is 11.7 Å². The van der Waals surface area contributed by atoms with E-state index in [0.717, 1.165) is 42.4 Å². The number of phenols is 2. The second-order valence-corrected chi connectivity index (χ2v) is 10.2. The van der Waals surface area contributed by atoms with Gasteiger partial charge in [0.05, 0.1) is 10.1 Å². The van der Waals surface area contributed by atoms with Crippen LogP contribution in [-0.4, -0.2) is 41.4 Å². The molecule has 0 amide bonds. The Labute approximate surface area is 203 Å². The van der Waals surface area contributed by atoms with Crippen LogP contribution < -0.4 is 9.47 Å². The molecule has 2 N–H and O–H groups in total. The third-order valence-electron chi connectivity index (χ3n) is 6.41. The largest absolute Gasteiger partial charge is 0.508 e. The van der Waals surface area contributed by atoms with E-state index in [1.54, 1.807) is 24.3 Å². The van der Waals surface area contributed by atoms with Gasteiger partial charge in [0, 0.05) is 13.1 Å². The number of phenolic OH excluding ortho intramolecular Hbond substituents is 2. The van der Waals surface area contributed by atoms with Gasteiger partial charge < -0.3 is 19.7 Å².